The van der Waals surface area contributed by atoms with Crippen molar-refractivity contribution in [2.24, 2.45) is 5.92 Å². The summed E-state index contributed by atoms with van der Waals surface area (Å²) in [5, 5.41) is 4.10. The van der Waals surface area contributed by atoms with Gasteiger partial charge in [-0.2, -0.15) is 9.67 Å². The molecule has 0 saturated carbocycles. The Morgan fingerprint density at radius 3 is 2.83 bits per heavy atom. The third kappa shape index (κ3) is 3.34. The lowest BCUT2D eigenvalue weighted by atomic mass is 10.2. The molecule has 0 unspecified atom stereocenters. The van der Waals surface area contributed by atoms with E-state index in [1.54, 1.807) is 12.1 Å². The number of ether oxygens (including phenoxy) is 1. The van der Waals surface area contributed by atoms with Gasteiger partial charge in [0.1, 0.15) is 5.82 Å². The number of hydrogen-bond donors (Lipinski definition) is 0. The van der Waals surface area contributed by atoms with Gasteiger partial charge in [-0.1, -0.05) is 26.0 Å². The van der Waals surface area contributed by atoms with Crippen LogP contribution in [0.25, 0.3) is 11.4 Å². The highest BCUT2D eigenvalue weighted by molar-refractivity contribution is 5.94. The number of carbonyl (C=O) groups is 1. The van der Waals surface area contributed by atoms with Gasteiger partial charge in [0.25, 0.3) is 0 Å². The highest BCUT2D eigenvalue weighted by Gasteiger charge is 2.22. The maximum absolute atomic E-state index is 13.5. The molecule has 124 valence electrons. The van der Waals surface area contributed by atoms with Crippen LogP contribution in [-0.4, -0.2) is 27.3 Å². The van der Waals surface area contributed by atoms with E-state index >= 15 is 0 Å². The summed E-state index contributed by atoms with van der Waals surface area (Å²) in [6.07, 6.45) is 1.39. The molecule has 24 heavy (non-hydrogen) atoms. The number of aromatic nitrogens is 3. The second kappa shape index (κ2) is 6.66. The van der Waals surface area contributed by atoms with Crippen molar-refractivity contribution in [1.82, 2.24) is 14.8 Å². The molecular formula is C17H16FN3O3. The average molecular weight is 329 g/mol. The molecular weight excluding hydrogens is 313 g/mol. The molecule has 7 heteroatoms. The Balaban J connectivity index is 2.03. The van der Waals surface area contributed by atoms with E-state index in [0.29, 0.717) is 12.2 Å². The molecule has 0 atom stereocenters. The number of hydrogen-bond acceptors (Lipinski definition) is 5. The molecule has 0 aliphatic rings. The monoisotopic (exact) mass is 329 g/mol. The van der Waals surface area contributed by atoms with Crippen molar-refractivity contribution in [3.05, 3.63) is 54.2 Å². The highest BCUT2D eigenvalue weighted by atomic mass is 19.1. The molecule has 2 heterocycles. The summed E-state index contributed by atoms with van der Waals surface area (Å²) in [4.78, 5) is 16.8. The van der Waals surface area contributed by atoms with Crippen LogP contribution in [0.4, 0.5) is 4.39 Å². The Kier molecular flexibility index (Phi) is 4.41. The predicted molar refractivity (Wildman–Crippen MR) is 84.2 cm³/mol. The zero-order valence-corrected chi connectivity index (χ0v) is 13.3. The Morgan fingerprint density at radius 1 is 1.33 bits per heavy atom. The number of benzene rings is 1. The fraction of sp³-hybridized carbons (Fsp3) is 0.235. The van der Waals surface area contributed by atoms with Gasteiger partial charge in [0, 0.05) is 5.56 Å². The molecule has 1 aromatic carbocycles. The van der Waals surface area contributed by atoms with Gasteiger partial charge in [-0.05, 0) is 30.2 Å². The van der Waals surface area contributed by atoms with Gasteiger partial charge in [-0.25, -0.2) is 4.39 Å². The molecule has 3 aromatic rings. The summed E-state index contributed by atoms with van der Waals surface area (Å²) in [6, 6.07) is 8.96. The summed E-state index contributed by atoms with van der Waals surface area (Å²) in [7, 11) is 0. The standard InChI is InChI=1S/C17H16FN3O3/c1-11(2)10-24-17-19-15(12-5-3-6-13(18)9-12)21(20-17)16(22)14-7-4-8-23-14/h3-9,11H,10H2,1-2H3. The molecule has 0 aliphatic carbocycles. The van der Waals surface area contributed by atoms with Gasteiger partial charge in [0.05, 0.1) is 12.9 Å². The first kappa shape index (κ1) is 15.9. The zero-order chi connectivity index (χ0) is 17.1. The van der Waals surface area contributed by atoms with Gasteiger partial charge < -0.3 is 9.15 Å². The minimum Gasteiger partial charge on any atom is -0.462 e. The number of rotatable bonds is 5. The molecule has 2 aromatic heterocycles. The van der Waals surface area contributed by atoms with Gasteiger partial charge in [-0.3, -0.25) is 4.79 Å². The smallest absolute Gasteiger partial charge is 0.336 e. The Bertz CT molecular complexity index is 841. The van der Waals surface area contributed by atoms with Gasteiger partial charge in [-0.15, -0.1) is 5.10 Å². The van der Waals surface area contributed by atoms with E-state index in [0.717, 1.165) is 4.68 Å². The maximum atomic E-state index is 13.5. The van der Waals surface area contributed by atoms with Gasteiger partial charge >= 0.3 is 11.9 Å². The van der Waals surface area contributed by atoms with Crippen molar-refractivity contribution in [3.63, 3.8) is 0 Å². The first-order valence-electron chi connectivity index (χ1n) is 7.48. The quantitative estimate of drug-likeness (QED) is 0.717. The second-order valence-corrected chi connectivity index (χ2v) is 5.63. The van der Waals surface area contributed by atoms with Crippen molar-refractivity contribution >= 4 is 5.91 Å². The van der Waals surface area contributed by atoms with E-state index in [4.69, 9.17) is 9.15 Å². The molecule has 0 N–H and O–H groups in total. The van der Waals surface area contributed by atoms with E-state index in [1.807, 2.05) is 13.8 Å². The second-order valence-electron chi connectivity index (χ2n) is 5.63. The Hall–Kier alpha value is -2.96. The maximum Gasteiger partial charge on any atom is 0.336 e. The van der Waals surface area contributed by atoms with E-state index in [-0.39, 0.29) is 23.5 Å². The van der Waals surface area contributed by atoms with E-state index in [2.05, 4.69) is 10.1 Å². The third-order valence-corrected chi connectivity index (χ3v) is 3.14. The van der Waals surface area contributed by atoms with Crippen LogP contribution in [0.15, 0.2) is 47.1 Å². The lowest BCUT2D eigenvalue weighted by Crippen LogP contribution is -2.15. The van der Waals surface area contributed by atoms with Gasteiger partial charge in [0.2, 0.25) is 0 Å². The van der Waals surface area contributed by atoms with E-state index < -0.39 is 11.7 Å². The highest BCUT2D eigenvalue weighted by Crippen LogP contribution is 2.22. The van der Waals surface area contributed by atoms with Crippen LogP contribution >= 0.6 is 0 Å². The number of nitrogens with zero attached hydrogens (tertiary/aromatic N) is 3. The van der Waals surface area contributed by atoms with Crippen molar-refractivity contribution in [2.45, 2.75) is 13.8 Å². The molecule has 0 fully saturated rings. The lowest BCUT2D eigenvalue weighted by Gasteiger charge is -2.03. The van der Waals surface area contributed by atoms with Crippen molar-refractivity contribution in [3.8, 4) is 17.4 Å². The number of carbonyl (C=O) groups excluding carboxylic acids is 1. The molecule has 3 rings (SSSR count). The number of halogens is 1. The first-order chi connectivity index (χ1) is 11.5. The van der Waals surface area contributed by atoms with Gasteiger partial charge in [0.15, 0.2) is 11.6 Å². The molecule has 0 bridgehead atoms. The van der Waals surface area contributed by atoms with Crippen molar-refractivity contribution < 1.29 is 18.3 Å². The summed E-state index contributed by atoms with van der Waals surface area (Å²) >= 11 is 0. The zero-order valence-electron chi connectivity index (χ0n) is 13.3. The van der Waals surface area contributed by atoms with Crippen LogP contribution in [0.3, 0.4) is 0 Å². The minimum absolute atomic E-state index is 0.0582. The molecule has 0 spiro atoms. The molecule has 6 nitrogen and oxygen atoms in total. The van der Waals surface area contributed by atoms with Crippen LogP contribution < -0.4 is 4.74 Å². The Labute approximate surface area is 137 Å². The fourth-order valence-corrected chi connectivity index (χ4v) is 2.06. The normalized spacial score (nSPS) is 11.0. The molecule has 0 amide bonds. The summed E-state index contributed by atoms with van der Waals surface area (Å²) in [5.74, 6) is -0.374. The van der Waals surface area contributed by atoms with E-state index in [1.165, 1.54) is 30.5 Å². The topological polar surface area (TPSA) is 70.2 Å². The van der Waals surface area contributed by atoms with Crippen LogP contribution in [-0.2, 0) is 0 Å². The van der Waals surface area contributed by atoms with Crippen LogP contribution in [0, 0.1) is 11.7 Å². The summed E-state index contributed by atoms with van der Waals surface area (Å²) in [6.45, 7) is 4.37. The molecule has 0 radical (unpaired) electrons. The fourth-order valence-electron chi connectivity index (χ4n) is 2.06. The first-order valence-corrected chi connectivity index (χ1v) is 7.48. The minimum atomic E-state index is -0.508. The average Bonchev–Trinajstić information content (AvgIpc) is 3.22. The van der Waals surface area contributed by atoms with Crippen LogP contribution in [0.1, 0.15) is 24.4 Å². The molecule has 0 saturated heterocycles. The van der Waals surface area contributed by atoms with E-state index in [9.17, 15) is 9.18 Å². The Morgan fingerprint density at radius 2 is 2.17 bits per heavy atom. The lowest BCUT2D eigenvalue weighted by molar-refractivity contribution is 0.0916. The van der Waals surface area contributed by atoms with Crippen molar-refractivity contribution in [2.75, 3.05) is 6.61 Å². The predicted octanol–water partition coefficient (Wildman–Crippen LogP) is 3.40. The summed E-state index contributed by atoms with van der Waals surface area (Å²) < 4.78 is 25.2. The third-order valence-electron chi connectivity index (χ3n) is 3.14. The van der Waals surface area contributed by atoms with Crippen molar-refractivity contribution in [1.29, 1.82) is 0 Å². The summed E-state index contributed by atoms with van der Waals surface area (Å²) in [5.41, 5.74) is 0.418. The molecule has 0 aliphatic heterocycles. The van der Waals surface area contributed by atoms with Crippen LogP contribution in [0.2, 0.25) is 0 Å². The number of furan rings is 1. The largest absolute Gasteiger partial charge is 0.462 e. The SMILES string of the molecule is CC(C)COc1nc(-c2cccc(F)c2)n(C(=O)c2ccco2)n1. The van der Waals surface area contributed by atoms with Crippen LogP contribution in [0.5, 0.6) is 6.01 Å².